The zero-order valence-corrected chi connectivity index (χ0v) is 19.0. The third-order valence-electron chi connectivity index (χ3n) is 5.15. The number of nitrogens with one attached hydrogen (secondary N) is 2. The van der Waals surface area contributed by atoms with E-state index in [1.54, 1.807) is 0 Å². The smallest absolute Gasteiger partial charge is 0.229 e. The van der Waals surface area contributed by atoms with Gasteiger partial charge in [-0.25, -0.2) is 0 Å². The highest BCUT2D eigenvalue weighted by Gasteiger charge is 2.23. The van der Waals surface area contributed by atoms with Crippen molar-refractivity contribution in [2.45, 2.75) is 55.0 Å². The molecule has 0 radical (unpaired) electrons. The molecule has 158 valence electrons. The van der Waals surface area contributed by atoms with Crippen LogP contribution in [0.2, 0.25) is 0 Å². The van der Waals surface area contributed by atoms with Crippen molar-refractivity contribution in [2.75, 3.05) is 10.6 Å². The molecule has 5 nitrogen and oxygen atoms in total. The van der Waals surface area contributed by atoms with Crippen LogP contribution in [0, 0.1) is 10.8 Å². The normalized spacial score (nSPS) is 12.2. The zero-order chi connectivity index (χ0) is 22.3. The molecular weight excluding hydrogens is 374 g/mol. The lowest BCUT2D eigenvalue weighted by Gasteiger charge is -2.18. The summed E-state index contributed by atoms with van der Waals surface area (Å²) in [5, 5.41) is 8.24. The maximum atomic E-state index is 12.4. The molecule has 1 aromatic heterocycles. The van der Waals surface area contributed by atoms with Gasteiger partial charge in [-0.05, 0) is 37.3 Å². The molecule has 0 atom stereocenters. The lowest BCUT2D eigenvalue weighted by Crippen LogP contribution is -2.34. The second kappa shape index (κ2) is 7.71. The molecule has 0 spiro atoms. The van der Waals surface area contributed by atoms with Gasteiger partial charge in [0.15, 0.2) is 0 Å². The summed E-state index contributed by atoms with van der Waals surface area (Å²) in [5.74, 6) is -0.0317. The standard InChI is InChI=1S/C25H31N3O2/c1-8-28-20-14-18(26-22(29)24(2,3)4)11-9-16(20)13-17-10-12-19(15-21(17)28)27-23(30)25(5,6)7/h9-15H,8H2,1-7H3,(H,26,27,29,30)/p+1. The van der Waals surface area contributed by atoms with Crippen molar-refractivity contribution in [3.63, 3.8) is 0 Å². The van der Waals surface area contributed by atoms with Crippen LogP contribution in [0.4, 0.5) is 11.4 Å². The van der Waals surface area contributed by atoms with Crippen molar-refractivity contribution in [1.29, 1.82) is 0 Å². The maximum Gasteiger partial charge on any atom is 0.229 e. The summed E-state index contributed by atoms with van der Waals surface area (Å²) in [4.78, 5) is 24.8. The van der Waals surface area contributed by atoms with Crippen LogP contribution in [-0.4, -0.2) is 11.8 Å². The first-order valence-corrected chi connectivity index (χ1v) is 10.4. The van der Waals surface area contributed by atoms with Gasteiger partial charge in [-0.1, -0.05) is 41.5 Å². The van der Waals surface area contributed by atoms with Gasteiger partial charge in [0.2, 0.25) is 22.8 Å². The number of aryl methyl sites for hydroxylation is 1. The Bertz CT molecular complexity index is 1050. The summed E-state index contributed by atoms with van der Waals surface area (Å²) in [6.45, 7) is 14.3. The predicted molar refractivity (Wildman–Crippen MR) is 123 cm³/mol. The highest BCUT2D eigenvalue weighted by Crippen LogP contribution is 2.26. The average molecular weight is 407 g/mol. The Hall–Kier alpha value is -2.95. The van der Waals surface area contributed by atoms with Crippen LogP contribution in [0.3, 0.4) is 0 Å². The van der Waals surface area contributed by atoms with Gasteiger partial charge in [-0.2, -0.15) is 4.57 Å². The first-order valence-electron chi connectivity index (χ1n) is 10.4. The number of nitrogens with zero attached hydrogens (tertiary/aromatic N) is 1. The molecule has 1 heterocycles. The van der Waals surface area contributed by atoms with Crippen molar-refractivity contribution >= 4 is 45.0 Å². The van der Waals surface area contributed by atoms with Crippen molar-refractivity contribution in [3.8, 4) is 0 Å². The van der Waals surface area contributed by atoms with E-state index in [9.17, 15) is 9.59 Å². The van der Waals surface area contributed by atoms with Crippen LogP contribution in [0.5, 0.6) is 0 Å². The van der Waals surface area contributed by atoms with E-state index in [1.165, 1.54) is 0 Å². The minimum Gasteiger partial charge on any atom is -0.325 e. The Morgan fingerprint density at radius 3 is 1.47 bits per heavy atom. The van der Waals surface area contributed by atoms with Crippen molar-refractivity contribution < 1.29 is 14.2 Å². The van der Waals surface area contributed by atoms with Crippen LogP contribution in [0.25, 0.3) is 21.8 Å². The first kappa shape index (κ1) is 21.8. The second-order valence-corrected chi connectivity index (χ2v) is 9.84. The van der Waals surface area contributed by atoms with Crippen molar-refractivity contribution in [2.24, 2.45) is 10.8 Å². The summed E-state index contributed by atoms with van der Waals surface area (Å²) in [6, 6.07) is 14.1. The minimum atomic E-state index is -0.459. The van der Waals surface area contributed by atoms with E-state index < -0.39 is 10.8 Å². The molecule has 0 bridgehead atoms. The molecule has 0 saturated heterocycles. The van der Waals surface area contributed by atoms with Gasteiger partial charge in [0, 0.05) is 45.1 Å². The number of pyridine rings is 1. The van der Waals surface area contributed by atoms with Gasteiger partial charge in [-0.3, -0.25) is 9.59 Å². The van der Waals surface area contributed by atoms with E-state index in [-0.39, 0.29) is 11.8 Å². The fourth-order valence-electron chi connectivity index (χ4n) is 3.23. The van der Waals surface area contributed by atoms with E-state index in [1.807, 2.05) is 77.9 Å². The minimum absolute atomic E-state index is 0.0159. The molecule has 2 aromatic carbocycles. The number of hydrogen-bond acceptors (Lipinski definition) is 2. The van der Waals surface area contributed by atoms with Gasteiger partial charge >= 0.3 is 0 Å². The molecule has 0 saturated carbocycles. The number of hydrogen-bond donors (Lipinski definition) is 2. The largest absolute Gasteiger partial charge is 0.325 e. The van der Waals surface area contributed by atoms with Crippen molar-refractivity contribution in [1.82, 2.24) is 0 Å². The summed E-state index contributed by atoms with van der Waals surface area (Å²) < 4.78 is 2.21. The van der Waals surface area contributed by atoms with E-state index in [0.29, 0.717) is 0 Å². The van der Waals surface area contributed by atoms with Gasteiger partial charge in [0.1, 0.15) is 6.54 Å². The fourth-order valence-corrected chi connectivity index (χ4v) is 3.23. The molecule has 2 N–H and O–H groups in total. The molecule has 0 unspecified atom stereocenters. The highest BCUT2D eigenvalue weighted by atomic mass is 16.2. The molecule has 3 aromatic rings. The average Bonchev–Trinajstić information content (AvgIpc) is 2.64. The summed E-state index contributed by atoms with van der Waals surface area (Å²) in [5.41, 5.74) is 2.72. The number of carbonyl (C=O) groups is 2. The van der Waals surface area contributed by atoms with Gasteiger partial charge in [-0.15, -0.1) is 0 Å². The van der Waals surface area contributed by atoms with Crippen LogP contribution in [-0.2, 0) is 16.1 Å². The number of anilines is 2. The van der Waals surface area contributed by atoms with Crippen LogP contribution in [0.15, 0.2) is 42.5 Å². The summed E-state index contributed by atoms with van der Waals surface area (Å²) >= 11 is 0. The predicted octanol–water partition coefficient (Wildman–Crippen LogP) is 5.27. The number of carbonyl (C=O) groups excluding carboxylic acids is 2. The summed E-state index contributed by atoms with van der Waals surface area (Å²) in [6.07, 6.45) is 0. The van der Waals surface area contributed by atoms with Crippen LogP contribution < -0.4 is 15.2 Å². The Morgan fingerprint density at radius 1 is 0.733 bits per heavy atom. The lowest BCUT2D eigenvalue weighted by atomic mass is 9.95. The van der Waals surface area contributed by atoms with E-state index >= 15 is 0 Å². The van der Waals surface area contributed by atoms with Gasteiger partial charge < -0.3 is 10.6 Å². The Kier molecular flexibility index (Phi) is 5.59. The molecule has 2 amide bonds. The molecule has 0 aliphatic carbocycles. The summed E-state index contributed by atoms with van der Waals surface area (Å²) in [7, 11) is 0. The molecule has 3 rings (SSSR count). The number of fused-ring (bicyclic) bond motifs is 2. The molecule has 30 heavy (non-hydrogen) atoms. The van der Waals surface area contributed by atoms with Gasteiger partial charge in [0.25, 0.3) is 0 Å². The number of aromatic nitrogens is 1. The van der Waals surface area contributed by atoms with Crippen LogP contribution in [0.1, 0.15) is 48.5 Å². The fraction of sp³-hybridized carbons (Fsp3) is 0.400. The quantitative estimate of drug-likeness (QED) is 0.460. The Balaban J connectivity index is 2.09. The number of rotatable bonds is 3. The van der Waals surface area contributed by atoms with E-state index in [4.69, 9.17) is 0 Å². The first-order chi connectivity index (χ1) is 13.9. The molecular formula is C25H32N3O2+. The van der Waals surface area contributed by atoms with Crippen molar-refractivity contribution in [3.05, 3.63) is 42.5 Å². The topological polar surface area (TPSA) is 62.1 Å². The Morgan fingerprint density at radius 2 is 1.13 bits per heavy atom. The molecule has 0 fully saturated rings. The molecule has 0 aliphatic rings. The number of benzene rings is 2. The SMILES string of the molecule is CC[n+]1c2cc(NC(=O)C(C)(C)C)ccc2cc2ccc(NC(=O)C(C)(C)C)cc21. The maximum absolute atomic E-state index is 12.4. The van der Waals surface area contributed by atoms with Gasteiger partial charge in [0.05, 0.1) is 0 Å². The van der Waals surface area contributed by atoms with E-state index in [0.717, 1.165) is 39.7 Å². The van der Waals surface area contributed by atoms with Crippen LogP contribution >= 0.6 is 0 Å². The third-order valence-corrected chi connectivity index (χ3v) is 5.15. The second-order valence-electron chi connectivity index (χ2n) is 9.84. The molecule has 5 heteroatoms. The Labute approximate surface area is 178 Å². The van der Waals surface area contributed by atoms with E-state index in [2.05, 4.69) is 28.2 Å². The third kappa shape index (κ3) is 4.45. The zero-order valence-electron chi connectivity index (χ0n) is 19.0. The monoisotopic (exact) mass is 406 g/mol. The highest BCUT2D eigenvalue weighted by molar-refractivity contribution is 5.99. The molecule has 0 aliphatic heterocycles. The number of amides is 2. The lowest BCUT2D eigenvalue weighted by molar-refractivity contribution is -0.641.